The Morgan fingerprint density at radius 3 is 2.05 bits per heavy atom. The molecule has 1 atom stereocenters. The SMILES string of the molecule is O=C(O)NCC(O)(c1ccc(Cl)cc1)c1ccc(I)cc1. The van der Waals surface area contributed by atoms with Crippen LogP contribution in [-0.4, -0.2) is 22.9 Å². The minimum absolute atomic E-state index is 0.148. The van der Waals surface area contributed by atoms with Crippen molar-refractivity contribution in [3.63, 3.8) is 0 Å². The lowest BCUT2D eigenvalue weighted by Gasteiger charge is -2.29. The average Bonchev–Trinajstić information content (AvgIpc) is 2.46. The maximum Gasteiger partial charge on any atom is 0.404 e. The minimum Gasteiger partial charge on any atom is -0.465 e. The molecule has 0 heterocycles. The van der Waals surface area contributed by atoms with Crippen LogP contribution in [0.5, 0.6) is 0 Å². The van der Waals surface area contributed by atoms with Gasteiger partial charge in [-0.2, -0.15) is 0 Å². The van der Waals surface area contributed by atoms with Crippen molar-refractivity contribution in [2.45, 2.75) is 5.60 Å². The van der Waals surface area contributed by atoms with Crippen molar-refractivity contribution in [1.82, 2.24) is 5.32 Å². The van der Waals surface area contributed by atoms with E-state index >= 15 is 0 Å². The van der Waals surface area contributed by atoms with Gasteiger partial charge >= 0.3 is 6.09 Å². The van der Waals surface area contributed by atoms with Gasteiger partial charge in [0.1, 0.15) is 5.60 Å². The molecule has 0 radical (unpaired) electrons. The Labute approximate surface area is 140 Å². The van der Waals surface area contributed by atoms with Crippen LogP contribution in [0.2, 0.25) is 5.02 Å². The molecule has 0 saturated carbocycles. The van der Waals surface area contributed by atoms with Gasteiger partial charge < -0.3 is 15.5 Å². The van der Waals surface area contributed by atoms with Crippen LogP contribution in [0.15, 0.2) is 48.5 Å². The summed E-state index contributed by atoms with van der Waals surface area (Å²) in [5, 5.41) is 22.6. The fraction of sp³-hybridized carbons (Fsp3) is 0.133. The van der Waals surface area contributed by atoms with E-state index in [4.69, 9.17) is 16.7 Å². The Morgan fingerprint density at radius 1 is 1.10 bits per heavy atom. The van der Waals surface area contributed by atoms with Crippen LogP contribution < -0.4 is 5.32 Å². The summed E-state index contributed by atoms with van der Waals surface area (Å²) in [6, 6.07) is 14.0. The lowest BCUT2D eigenvalue weighted by molar-refractivity contribution is 0.0787. The summed E-state index contributed by atoms with van der Waals surface area (Å²) in [6.07, 6.45) is -1.19. The van der Waals surface area contributed by atoms with Crippen molar-refractivity contribution in [3.05, 3.63) is 68.3 Å². The van der Waals surface area contributed by atoms with Crippen molar-refractivity contribution in [3.8, 4) is 0 Å². The first-order valence-corrected chi connectivity index (χ1v) is 7.59. The molecule has 2 aromatic rings. The number of rotatable bonds is 4. The third-order valence-corrected chi connectivity index (χ3v) is 4.11. The van der Waals surface area contributed by atoms with Gasteiger partial charge in [-0.15, -0.1) is 0 Å². The molecule has 0 fully saturated rings. The molecule has 2 rings (SSSR count). The Kier molecular flexibility index (Phi) is 5.08. The lowest BCUT2D eigenvalue weighted by Crippen LogP contribution is -2.41. The van der Waals surface area contributed by atoms with E-state index in [-0.39, 0.29) is 6.54 Å². The highest BCUT2D eigenvalue weighted by Gasteiger charge is 2.32. The zero-order chi connectivity index (χ0) is 15.5. The van der Waals surface area contributed by atoms with Crippen LogP contribution in [0.25, 0.3) is 0 Å². The number of benzene rings is 2. The van der Waals surface area contributed by atoms with Gasteiger partial charge in [-0.3, -0.25) is 0 Å². The molecule has 1 amide bonds. The molecule has 0 aromatic heterocycles. The summed E-state index contributed by atoms with van der Waals surface area (Å²) in [7, 11) is 0. The topological polar surface area (TPSA) is 69.6 Å². The fourth-order valence-corrected chi connectivity index (χ4v) is 2.51. The van der Waals surface area contributed by atoms with Gasteiger partial charge in [0.05, 0.1) is 6.54 Å². The molecule has 2 aromatic carbocycles. The first-order valence-electron chi connectivity index (χ1n) is 6.13. The number of amides is 1. The molecular formula is C15H13ClINO3. The van der Waals surface area contributed by atoms with E-state index in [0.29, 0.717) is 16.1 Å². The normalized spacial score (nSPS) is 13.5. The lowest BCUT2D eigenvalue weighted by atomic mass is 9.86. The number of hydrogen-bond acceptors (Lipinski definition) is 2. The summed E-state index contributed by atoms with van der Waals surface area (Å²) < 4.78 is 1.03. The summed E-state index contributed by atoms with van der Waals surface area (Å²) in [4.78, 5) is 10.8. The highest BCUT2D eigenvalue weighted by atomic mass is 127. The summed E-state index contributed by atoms with van der Waals surface area (Å²) in [6.45, 7) is -0.148. The van der Waals surface area contributed by atoms with E-state index in [1.54, 1.807) is 36.4 Å². The molecule has 0 bridgehead atoms. The molecule has 1 unspecified atom stereocenters. The van der Waals surface area contributed by atoms with E-state index in [2.05, 4.69) is 27.9 Å². The molecule has 0 aliphatic rings. The second-order valence-corrected chi connectivity index (χ2v) is 6.21. The minimum atomic E-state index is -1.45. The summed E-state index contributed by atoms with van der Waals surface area (Å²) >= 11 is 8.03. The van der Waals surface area contributed by atoms with Crippen LogP contribution in [-0.2, 0) is 5.60 Å². The van der Waals surface area contributed by atoms with Crippen LogP contribution >= 0.6 is 34.2 Å². The first kappa shape index (κ1) is 16.1. The van der Waals surface area contributed by atoms with E-state index < -0.39 is 11.7 Å². The number of nitrogens with one attached hydrogen (secondary N) is 1. The fourth-order valence-electron chi connectivity index (χ4n) is 2.03. The summed E-state index contributed by atoms with van der Waals surface area (Å²) in [5.41, 5.74) is -0.270. The average molecular weight is 418 g/mol. The number of aliphatic hydroxyl groups is 1. The van der Waals surface area contributed by atoms with Gasteiger partial charge in [-0.05, 0) is 58.0 Å². The van der Waals surface area contributed by atoms with Gasteiger partial charge in [0.25, 0.3) is 0 Å². The Hall–Kier alpha value is -1.31. The number of carboxylic acid groups (broad SMARTS) is 1. The van der Waals surface area contributed by atoms with Crippen LogP contribution in [0.3, 0.4) is 0 Å². The predicted octanol–water partition coefficient (Wildman–Crippen LogP) is 3.45. The van der Waals surface area contributed by atoms with E-state index in [9.17, 15) is 9.90 Å². The molecule has 0 aliphatic heterocycles. The maximum absolute atomic E-state index is 11.0. The molecule has 21 heavy (non-hydrogen) atoms. The van der Waals surface area contributed by atoms with Gasteiger partial charge in [-0.25, -0.2) is 4.79 Å². The van der Waals surface area contributed by atoms with Crippen LogP contribution in [0.1, 0.15) is 11.1 Å². The molecule has 6 heteroatoms. The molecular weight excluding hydrogens is 405 g/mol. The van der Waals surface area contributed by atoms with Crippen molar-refractivity contribution < 1.29 is 15.0 Å². The largest absolute Gasteiger partial charge is 0.465 e. The quantitative estimate of drug-likeness (QED) is 0.668. The van der Waals surface area contributed by atoms with E-state index in [0.717, 1.165) is 3.57 Å². The van der Waals surface area contributed by atoms with Crippen molar-refractivity contribution in [2.24, 2.45) is 0 Å². The zero-order valence-corrected chi connectivity index (χ0v) is 13.8. The first-order chi connectivity index (χ1) is 9.91. The maximum atomic E-state index is 11.0. The third-order valence-electron chi connectivity index (χ3n) is 3.14. The van der Waals surface area contributed by atoms with Crippen LogP contribution in [0, 0.1) is 3.57 Å². The molecule has 0 saturated heterocycles. The van der Waals surface area contributed by atoms with Gasteiger partial charge in [0.15, 0.2) is 0 Å². The van der Waals surface area contributed by atoms with Gasteiger partial charge in [0, 0.05) is 8.59 Å². The van der Waals surface area contributed by atoms with Crippen molar-refractivity contribution >= 4 is 40.3 Å². The molecule has 4 nitrogen and oxygen atoms in total. The smallest absolute Gasteiger partial charge is 0.404 e. The van der Waals surface area contributed by atoms with Crippen molar-refractivity contribution in [2.75, 3.05) is 6.54 Å². The second kappa shape index (κ2) is 6.64. The second-order valence-electron chi connectivity index (χ2n) is 4.53. The van der Waals surface area contributed by atoms with Crippen LogP contribution in [0.4, 0.5) is 4.79 Å². The molecule has 110 valence electrons. The molecule has 0 spiro atoms. The third kappa shape index (κ3) is 3.87. The predicted molar refractivity (Wildman–Crippen MR) is 89.6 cm³/mol. The van der Waals surface area contributed by atoms with E-state index in [1.165, 1.54) is 0 Å². The highest BCUT2D eigenvalue weighted by molar-refractivity contribution is 14.1. The standard InChI is InChI=1S/C15H13ClINO3/c16-12-5-1-10(2-6-12)15(21,9-18-14(19)20)11-3-7-13(17)8-4-11/h1-8,18,21H,9H2,(H,19,20). The zero-order valence-electron chi connectivity index (χ0n) is 10.9. The Balaban J connectivity index is 2.44. The number of hydrogen-bond donors (Lipinski definition) is 3. The Bertz CT molecular complexity index is 583. The van der Waals surface area contributed by atoms with Gasteiger partial charge in [0.2, 0.25) is 0 Å². The van der Waals surface area contributed by atoms with Gasteiger partial charge in [-0.1, -0.05) is 35.9 Å². The molecule has 0 aliphatic carbocycles. The highest BCUT2D eigenvalue weighted by Crippen LogP contribution is 2.30. The Morgan fingerprint density at radius 2 is 1.57 bits per heavy atom. The summed E-state index contributed by atoms with van der Waals surface area (Å²) in [5.74, 6) is 0. The number of carbonyl (C=O) groups is 1. The number of halogens is 2. The van der Waals surface area contributed by atoms with E-state index in [1.807, 2.05) is 12.1 Å². The monoisotopic (exact) mass is 417 g/mol. The van der Waals surface area contributed by atoms with Crippen molar-refractivity contribution in [1.29, 1.82) is 0 Å². The molecule has 3 N–H and O–H groups in total.